The lowest BCUT2D eigenvalue weighted by molar-refractivity contribution is 0.622. The maximum atomic E-state index is 13.8. The number of aromatic amines is 1. The minimum atomic E-state index is -0.417. The topological polar surface area (TPSA) is 84.9 Å². The number of halogens is 2. The van der Waals surface area contributed by atoms with Crippen LogP contribution in [0.25, 0.3) is 23.0 Å². The van der Waals surface area contributed by atoms with Crippen molar-refractivity contribution in [1.82, 2.24) is 24.6 Å². The van der Waals surface area contributed by atoms with Crippen LogP contribution in [0.1, 0.15) is 67.6 Å². The molecule has 3 N–H and O–H groups in total. The van der Waals surface area contributed by atoms with Crippen molar-refractivity contribution < 1.29 is 4.39 Å². The Bertz CT molecular complexity index is 1340. The number of nitrogens with one attached hydrogen (secondary N) is 1. The molecule has 0 radical (unpaired) electrons. The third-order valence-electron chi connectivity index (χ3n) is 6.01. The summed E-state index contributed by atoms with van der Waals surface area (Å²) in [5, 5.41) is 5.29. The monoisotopic (exact) mass is 480 g/mol. The molecule has 34 heavy (non-hydrogen) atoms. The van der Waals surface area contributed by atoms with Gasteiger partial charge in [0.15, 0.2) is 5.65 Å². The molecule has 0 saturated heterocycles. The molecule has 4 aromatic rings. The van der Waals surface area contributed by atoms with Crippen LogP contribution in [0.2, 0.25) is 5.15 Å². The van der Waals surface area contributed by atoms with Crippen LogP contribution in [0, 0.1) is 5.82 Å². The normalized spacial score (nSPS) is 12.9. The Kier molecular flexibility index (Phi) is 7.14. The maximum Gasteiger partial charge on any atom is 0.161 e. The van der Waals surface area contributed by atoms with Crippen LogP contribution in [-0.4, -0.2) is 31.1 Å². The number of nitrogens with zero attached hydrogens (tertiary/aromatic N) is 4. The molecule has 0 aromatic carbocycles. The van der Waals surface area contributed by atoms with Gasteiger partial charge in [0.1, 0.15) is 11.0 Å². The van der Waals surface area contributed by atoms with Gasteiger partial charge < -0.3 is 10.7 Å². The SMILES string of the molecule is C/C=C\c1[nH]cc(CCN)c1C(C)Cc1nn2c(Cl)cc(-c3cncc(F)c3)nc2c1C(C)C. The first-order valence-electron chi connectivity index (χ1n) is 11.6. The molecule has 8 heteroatoms. The number of H-pyrrole nitrogens is 1. The van der Waals surface area contributed by atoms with Gasteiger partial charge in [-0.1, -0.05) is 38.4 Å². The third kappa shape index (κ3) is 4.63. The molecule has 0 aliphatic carbocycles. The second-order valence-corrected chi connectivity index (χ2v) is 9.28. The number of allylic oxidation sites excluding steroid dienone is 1. The molecule has 178 valence electrons. The van der Waals surface area contributed by atoms with Crippen LogP contribution in [0.4, 0.5) is 4.39 Å². The highest BCUT2D eigenvalue weighted by Crippen LogP contribution is 2.34. The summed E-state index contributed by atoms with van der Waals surface area (Å²) in [5.74, 6) is -0.0416. The Labute approximate surface area is 204 Å². The van der Waals surface area contributed by atoms with E-state index in [1.54, 1.807) is 16.8 Å². The van der Waals surface area contributed by atoms with Gasteiger partial charge in [-0.3, -0.25) is 4.98 Å². The van der Waals surface area contributed by atoms with Crippen molar-refractivity contribution in [2.24, 2.45) is 5.73 Å². The average molecular weight is 481 g/mol. The maximum absolute atomic E-state index is 13.8. The number of rotatable bonds is 8. The molecule has 0 bridgehead atoms. The highest BCUT2D eigenvalue weighted by molar-refractivity contribution is 6.30. The summed E-state index contributed by atoms with van der Waals surface area (Å²) in [6.07, 6.45) is 10.5. The van der Waals surface area contributed by atoms with Crippen LogP contribution in [0.15, 0.2) is 36.8 Å². The second-order valence-electron chi connectivity index (χ2n) is 8.89. The molecular weight excluding hydrogens is 451 g/mol. The molecule has 4 heterocycles. The zero-order valence-corrected chi connectivity index (χ0v) is 20.7. The number of pyridine rings is 1. The van der Waals surface area contributed by atoms with Gasteiger partial charge in [0, 0.05) is 35.3 Å². The van der Waals surface area contributed by atoms with E-state index in [9.17, 15) is 4.39 Å². The van der Waals surface area contributed by atoms with E-state index in [1.165, 1.54) is 23.4 Å². The van der Waals surface area contributed by atoms with E-state index >= 15 is 0 Å². The van der Waals surface area contributed by atoms with E-state index in [-0.39, 0.29) is 11.8 Å². The fraction of sp³-hybridized carbons (Fsp3) is 0.346. The van der Waals surface area contributed by atoms with E-state index in [1.807, 2.05) is 13.0 Å². The number of aromatic nitrogens is 5. The zero-order valence-electron chi connectivity index (χ0n) is 19.9. The molecule has 6 nitrogen and oxygen atoms in total. The molecule has 1 unspecified atom stereocenters. The second kappa shape index (κ2) is 10.1. The first-order chi connectivity index (χ1) is 16.3. The Morgan fingerprint density at radius 3 is 2.68 bits per heavy atom. The number of fused-ring (bicyclic) bond motifs is 1. The van der Waals surface area contributed by atoms with E-state index < -0.39 is 5.82 Å². The lowest BCUT2D eigenvalue weighted by Gasteiger charge is -2.15. The fourth-order valence-corrected chi connectivity index (χ4v) is 4.84. The predicted octanol–water partition coefficient (Wildman–Crippen LogP) is 5.92. The first kappa shape index (κ1) is 24.1. The van der Waals surface area contributed by atoms with Gasteiger partial charge in [-0.25, -0.2) is 13.9 Å². The van der Waals surface area contributed by atoms with Crippen molar-refractivity contribution in [1.29, 1.82) is 0 Å². The Hall–Kier alpha value is -3.03. The van der Waals surface area contributed by atoms with Crippen LogP contribution >= 0.6 is 11.6 Å². The van der Waals surface area contributed by atoms with Crippen molar-refractivity contribution in [2.45, 2.75) is 52.4 Å². The summed E-state index contributed by atoms with van der Waals surface area (Å²) in [4.78, 5) is 12.2. The summed E-state index contributed by atoms with van der Waals surface area (Å²) >= 11 is 6.63. The molecule has 1 atom stereocenters. The summed E-state index contributed by atoms with van der Waals surface area (Å²) < 4.78 is 15.5. The largest absolute Gasteiger partial charge is 0.361 e. The molecule has 4 rings (SSSR count). The lowest BCUT2D eigenvalue weighted by atomic mass is 9.89. The molecule has 0 fully saturated rings. The van der Waals surface area contributed by atoms with Crippen molar-refractivity contribution in [2.75, 3.05) is 6.54 Å². The highest BCUT2D eigenvalue weighted by Gasteiger charge is 2.24. The van der Waals surface area contributed by atoms with Crippen molar-refractivity contribution in [3.8, 4) is 11.3 Å². The van der Waals surface area contributed by atoms with Gasteiger partial charge in [0.25, 0.3) is 0 Å². The summed E-state index contributed by atoms with van der Waals surface area (Å²) in [5.41, 5.74) is 13.3. The highest BCUT2D eigenvalue weighted by atomic mass is 35.5. The lowest BCUT2D eigenvalue weighted by Crippen LogP contribution is -2.08. The van der Waals surface area contributed by atoms with Gasteiger partial charge in [0.05, 0.1) is 17.6 Å². The van der Waals surface area contributed by atoms with Crippen LogP contribution in [0.5, 0.6) is 0 Å². The summed E-state index contributed by atoms with van der Waals surface area (Å²) in [6, 6.07) is 3.11. The fourth-order valence-electron chi connectivity index (χ4n) is 4.62. The molecule has 4 aromatic heterocycles. The van der Waals surface area contributed by atoms with Gasteiger partial charge in [-0.2, -0.15) is 5.10 Å². The van der Waals surface area contributed by atoms with Gasteiger partial charge in [-0.15, -0.1) is 0 Å². The Morgan fingerprint density at radius 2 is 2.00 bits per heavy atom. The van der Waals surface area contributed by atoms with E-state index in [2.05, 4.69) is 43.0 Å². The predicted molar refractivity (Wildman–Crippen MR) is 136 cm³/mol. The Balaban J connectivity index is 1.80. The van der Waals surface area contributed by atoms with Crippen molar-refractivity contribution in [3.63, 3.8) is 0 Å². The van der Waals surface area contributed by atoms with E-state index in [4.69, 9.17) is 27.4 Å². The van der Waals surface area contributed by atoms with Crippen LogP contribution in [-0.2, 0) is 12.8 Å². The third-order valence-corrected chi connectivity index (χ3v) is 6.28. The Morgan fingerprint density at radius 1 is 1.21 bits per heavy atom. The van der Waals surface area contributed by atoms with Crippen LogP contribution < -0.4 is 5.73 Å². The zero-order chi connectivity index (χ0) is 24.4. The van der Waals surface area contributed by atoms with E-state index in [0.29, 0.717) is 28.6 Å². The van der Waals surface area contributed by atoms with Gasteiger partial charge >= 0.3 is 0 Å². The number of hydrogen-bond donors (Lipinski definition) is 2. The van der Waals surface area contributed by atoms with Gasteiger partial charge in [0.2, 0.25) is 0 Å². The first-order valence-corrected chi connectivity index (χ1v) is 11.9. The number of nitrogens with two attached hydrogens (primary N) is 1. The molecule has 0 saturated carbocycles. The minimum absolute atomic E-state index is 0.175. The molecule has 0 aliphatic rings. The standard InChI is InChI=1S/C26H30ClFN6/c1-5-6-20-25(17(7-8-29)13-31-20)16(4)9-22-24(15(2)3)26-32-21(11-23(27)34(26)33-22)18-10-19(28)14-30-12-18/h5-6,10-16,31H,7-9,29H2,1-4H3/b6-5-. The molecule has 0 amide bonds. The molecular formula is C26H30ClFN6. The smallest absolute Gasteiger partial charge is 0.161 e. The summed E-state index contributed by atoms with van der Waals surface area (Å²) in [7, 11) is 0. The van der Waals surface area contributed by atoms with Crippen molar-refractivity contribution >= 4 is 23.3 Å². The van der Waals surface area contributed by atoms with Gasteiger partial charge in [-0.05, 0) is 61.4 Å². The quantitative estimate of drug-likeness (QED) is 0.307. The average Bonchev–Trinajstić information content (AvgIpc) is 3.35. The molecule has 0 aliphatic heterocycles. The minimum Gasteiger partial charge on any atom is -0.361 e. The van der Waals surface area contributed by atoms with Crippen molar-refractivity contribution in [3.05, 3.63) is 75.8 Å². The summed E-state index contributed by atoms with van der Waals surface area (Å²) in [6.45, 7) is 9.06. The number of hydrogen-bond acceptors (Lipinski definition) is 4. The van der Waals surface area contributed by atoms with Crippen LogP contribution in [0.3, 0.4) is 0 Å². The molecule has 0 spiro atoms. The van der Waals surface area contributed by atoms with E-state index in [0.717, 1.165) is 29.8 Å².